The molecular weight excluding hydrogens is 314 g/mol. The van der Waals surface area contributed by atoms with Gasteiger partial charge in [-0.15, -0.1) is 11.8 Å². The quantitative estimate of drug-likeness (QED) is 0.654. The summed E-state index contributed by atoms with van der Waals surface area (Å²) in [5.74, 6) is -0.640. The highest BCUT2D eigenvalue weighted by molar-refractivity contribution is 7.98. The zero-order chi connectivity index (χ0) is 16.4. The number of urea groups is 1. The molecule has 6 nitrogen and oxygen atoms in total. The van der Waals surface area contributed by atoms with Crippen LogP contribution >= 0.6 is 11.8 Å². The van der Waals surface area contributed by atoms with Gasteiger partial charge in [0.05, 0.1) is 5.69 Å². The minimum Gasteiger partial charge on any atom is -0.324 e. The fourth-order valence-corrected chi connectivity index (χ4v) is 3.77. The van der Waals surface area contributed by atoms with Crippen LogP contribution in [0.25, 0.3) is 0 Å². The first-order chi connectivity index (χ1) is 11.1. The fourth-order valence-electron chi connectivity index (χ4n) is 3.22. The topological polar surface area (TPSA) is 78.5 Å². The molecule has 2 fully saturated rings. The van der Waals surface area contributed by atoms with Crippen LogP contribution < -0.4 is 10.6 Å². The summed E-state index contributed by atoms with van der Waals surface area (Å²) in [4.78, 5) is 38.8. The first-order valence-electron chi connectivity index (χ1n) is 7.63. The van der Waals surface area contributed by atoms with E-state index in [0.717, 1.165) is 22.6 Å². The third kappa shape index (κ3) is 2.93. The Balaban J connectivity index is 1.68. The van der Waals surface area contributed by atoms with Crippen molar-refractivity contribution < 1.29 is 14.4 Å². The van der Waals surface area contributed by atoms with E-state index in [2.05, 4.69) is 10.6 Å². The van der Waals surface area contributed by atoms with Gasteiger partial charge in [0.25, 0.3) is 5.91 Å². The first kappa shape index (κ1) is 15.9. The maximum absolute atomic E-state index is 12.5. The molecule has 1 spiro atoms. The van der Waals surface area contributed by atoms with Gasteiger partial charge in [-0.3, -0.25) is 14.5 Å². The van der Waals surface area contributed by atoms with E-state index in [-0.39, 0.29) is 18.4 Å². The summed E-state index contributed by atoms with van der Waals surface area (Å²) in [7, 11) is 0. The van der Waals surface area contributed by atoms with Crippen LogP contribution in [-0.4, -0.2) is 41.1 Å². The summed E-state index contributed by atoms with van der Waals surface area (Å²) in [6.07, 6.45) is 5.09. The Kier molecular flexibility index (Phi) is 4.30. The summed E-state index contributed by atoms with van der Waals surface area (Å²) in [5.41, 5.74) is -0.0817. The molecule has 1 aromatic rings. The summed E-state index contributed by atoms with van der Waals surface area (Å²) in [6.45, 7) is -0.255. The van der Waals surface area contributed by atoms with Crippen molar-refractivity contribution in [3.8, 4) is 0 Å². The lowest BCUT2D eigenvalue weighted by atomic mass is 9.98. The Morgan fingerprint density at radius 1 is 1.30 bits per heavy atom. The highest BCUT2D eigenvalue weighted by atomic mass is 32.2. The second kappa shape index (κ2) is 6.23. The van der Waals surface area contributed by atoms with Crippen molar-refractivity contribution in [2.45, 2.75) is 36.1 Å². The molecule has 1 aliphatic carbocycles. The second-order valence-electron chi connectivity index (χ2n) is 5.86. The molecule has 3 rings (SSSR count). The Morgan fingerprint density at radius 3 is 2.70 bits per heavy atom. The molecule has 2 aliphatic rings. The van der Waals surface area contributed by atoms with Crippen LogP contribution in [0, 0.1) is 0 Å². The van der Waals surface area contributed by atoms with Gasteiger partial charge in [0.2, 0.25) is 5.91 Å². The number of nitrogens with zero attached hydrogens (tertiary/aromatic N) is 1. The van der Waals surface area contributed by atoms with E-state index in [1.165, 1.54) is 11.8 Å². The number of nitrogens with one attached hydrogen (secondary N) is 2. The number of carbonyl (C=O) groups excluding carboxylic acids is 3. The largest absolute Gasteiger partial charge is 0.325 e. The number of amides is 4. The molecule has 1 saturated heterocycles. The van der Waals surface area contributed by atoms with E-state index in [9.17, 15) is 14.4 Å². The fraction of sp³-hybridized carbons (Fsp3) is 0.438. The number of carbonyl (C=O) groups is 3. The average Bonchev–Trinajstić information content (AvgIpc) is 3.09. The van der Waals surface area contributed by atoms with Crippen molar-refractivity contribution in [3.63, 3.8) is 0 Å². The third-order valence-corrected chi connectivity index (χ3v) is 5.18. The zero-order valence-electron chi connectivity index (χ0n) is 12.9. The number of hydrogen-bond acceptors (Lipinski definition) is 4. The minimum atomic E-state index is -0.769. The highest BCUT2D eigenvalue weighted by Crippen LogP contribution is 2.35. The Labute approximate surface area is 139 Å². The van der Waals surface area contributed by atoms with Crippen LogP contribution in [0.5, 0.6) is 0 Å². The Morgan fingerprint density at radius 2 is 2.00 bits per heavy atom. The number of anilines is 1. The molecule has 1 aromatic carbocycles. The lowest BCUT2D eigenvalue weighted by Gasteiger charge is -2.20. The molecule has 0 unspecified atom stereocenters. The maximum atomic E-state index is 12.5. The highest BCUT2D eigenvalue weighted by Gasteiger charge is 2.52. The monoisotopic (exact) mass is 333 g/mol. The normalized spacial score (nSPS) is 19.3. The van der Waals surface area contributed by atoms with Crippen molar-refractivity contribution in [1.82, 2.24) is 10.2 Å². The van der Waals surface area contributed by atoms with Crippen LogP contribution in [0.2, 0.25) is 0 Å². The number of hydrogen-bond donors (Lipinski definition) is 2. The predicted molar refractivity (Wildman–Crippen MR) is 88.3 cm³/mol. The van der Waals surface area contributed by atoms with Gasteiger partial charge < -0.3 is 10.6 Å². The number of rotatable bonds is 4. The van der Waals surface area contributed by atoms with E-state index in [1.54, 1.807) is 6.07 Å². The molecule has 2 N–H and O–H groups in total. The number of thioether (sulfide) groups is 1. The lowest BCUT2D eigenvalue weighted by molar-refractivity contribution is -0.133. The Hall–Kier alpha value is -2.02. The Bertz CT molecular complexity index is 656. The smallest absolute Gasteiger partial charge is 0.324 e. The zero-order valence-corrected chi connectivity index (χ0v) is 13.7. The first-order valence-corrected chi connectivity index (χ1v) is 8.85. The van der Waals surface area contributed by atoms with Gasteiger partial charge in [-0.1, -0.05) is 25.0 Å². The number of benzene rings is 1. The van der Waals surface area contributed by atoms with Crippen LogP contribution in [0.1, 0.15) is 25.7 Å². The van der Waals surface area contributed by atoms with Crippen LogP contribution in [0.4, 0.5) is 10.5 Å². The molecule has 1 heterocycles. The summed E-state index contributed by atoms with van der Waals surface area (Å²) in [5, 5.41) is 5.55. The van der Waals surface area contributed by atoms with Gasteiger partial charge in [-0.2, -0.15) is 0 Å². The molecule has 7 heteroatoms. The number of imide groups is 1. The van der Waals surface area contributed by atoms with Crippen molar-refractivity contribution in [3.05, 3.63) is 24.3 Å². The molecule has 23 heavy (non-hydrogen) atoms. The molecule has 0 radical (unpaired) electrons. The molecule has 1 saturated carbocycles. The molecule has 0 atom stereocenters. The molecular formula is C16H19N3O3S. The van der Waals surface area contributed by atoms with Crippen LogP contribution in [-0.2, 0) is 9.59 Å². The van der Waals surface area contributed by atoms with Gasteiger partial charge in [-0.05, 0) is 31.2 Å². The van der Waals surface area contributed by atoms with Crippen molar-refractivity contribution in [2.75, 3.05) is 18.1 Å². The van der Waals surface area contributed by atoms with Gasteiger partial charge >= 0.3 is 6.03 Å². The van der Waals surface area contributed by atoms with E-state index in [1.807, 2.05) is 24.5 Å². The van der Waals surface area contributed by atoms with Crippen molar-refractivity contribution in [2.24, 2.45) is 0 Å². The average molecular weight is 333 g/mol. The summed E-state index contributed by atoms with van der Waals surface area (Å²) >= 11 is 1.52. The molecule has 1 aliphatic heterocycles. The van der Waals surface area contributed by atoms with E-state index in [4.69, 9.17) is 0 Å². The summed E-state index contributed by atoms with van der Waals surface area (Å²) < 4.78 is 0. The van der Waals surface area contributed by atoms with Gasteiger partial charge in [0.15, 0.2) is 0 Å². The molecule has 0 aromatic heterocycles. The molecule has 0 bridgehead atoms. The maximum Gasteiger partial charge on any atom is 0.325 e. The predicted octanol–water partition coefficient (Wildman–Crippen LogP) is 2.21. The van der Waals surface area contributed by atoms with Crippen LogP contribution in [0.3, 0.4) is 0 Å². The van der Waals surface area contributed by atoms with Crippen LogP contribution in [0.15, 0.2) is 29.2 Å². The minimum absolute atomic E-state index is 0.255. The van der Waals surface area contributed by atoms with Gasteiger partial charge in [-0.25, -0.2) is 4.79 Å². The molecule has 122 valence electrons. The standard InChI is InChI=1S/C16H19N3O3S/c1-23-12-7-3-2-6-11(12)17-13(20)10-19-14(21)16(18-15(19)22)8-4-5-9-16/h2-3,6-7H,4-5,8-10H2,1H3,(H,17,20)(H,18,22). The van der Waals surface area contributed by atoms with E-state index < -0.39 is 11.6 Å². The molecule has 4 amide bonds. The second-order valence-corrected chi connectivity index (χ2v) is 6.71. The van der Waals surface area contributed by atoms with E-state index >= 15 is 0 Å². The number of para-hydroxylation sites is 1. The van der Waals surface area contributed by atoms with E-state index in [0.29, 0.717) is 18.5 Å². The van der Waals surface area contributed by atoms with Gasteiger partial charge in [0, 0.05) is 4.90 Å². The van der Waals surface area contributed by atoms with Crippen molar-refractivity contribution >= 4 is 35.3 Å². The third-order valence-electron chi connectivity index (χ3n) is 4.39. The lowest BCUT2D eigenvalue weighted by Crippen LogP contribution is -2.44. The van der Waals surface area contributed by atoms with Crippen molar-refractivity contribution in [1.29, 1.82) is 0 Å². The summed E-state index contributed by atoms with van der Waals surface area (Å²) in [6, 6.07) is 6.96. The SMILES string of the molecule is CSc1ccccc1NC(=O)CN1C(=O)NC2(CCCC2)C1=O. The van der Waals surface area contributed by atoms with Gasteiger partial charge in [0.1, 0.15) is 12.1 Å².